The number of nitrogens with zero attached hydrogens (tertiary/aromatic N) is 1. The summed E-state index contributed by atoms with van der Waals surface area (Å²) in [6, 6.07) is 8.18. The highest BCUT2D eigenvalue weighted by molar-refractivity contribution is 6.31. The Labute approximate surface area is 121 Å². The van der Waals surface area contributed by atoms with Crippen LogP contribution in [0.2, 0.25) is 5.02 Å². The minimum absolute atomic E-state index is 0.0763. The fourth-order valence-electron chi connectivity index (χ4n) is 2.33. The molecular formula is C15H25ClN2O. The number of hydrogen-bond donors (Lipinski definition) is 1. The number of methoxy groups -OCH3 is 1. The smallest absolute Gasteiger partial charge is 0.0511 e. The third-order valence-electron chi connectivity index (χ3n) is 3.43. The van der Waals surface area contributed by atoms with Crippen LogP contribution in [-0.4, -0.2) is 38.3 Å². The number of ether oxygens (including phenoxy) is 1. The molecule has 3 nitrogen and oxygen atoms in total. The van der Waals surface area contributed by atoms with Crippen molar-refractivity contribution in [2.75, 3.05) is 27.3 Å². The minimum Gasteiger partial charge on any atom is -0.385 e. The van der Waals surface area contributed by atoms with E-state index in [1.54, 1.807) is 7.11 Å². The van der Waals surface area contributed by atoms with E-state index in [9.17, 15) is 0 Å². The Balaban J connectivity index is 2.86. The molecule has 0 aliphatic carbocycles. The van der Waals surface area contributed by atoms with Gasteiger partial charge in [-0.05, 0) is 31.5 Å². The normalized spacial score (nSPS) is 14.6. The maximum atomic E-state index is 6.32. The Kier molecular flexibility index (Phi) is 7.39. The van der Waals surface area contributed by atoms with Crippen LogP contribution >= 0.6 is 11.6 Å². The van der Waals surface area contributed by atoms with Crippen LogP contribution in [-0.2, 0) is 4.74 Å². The number of halogens is 1. The first kappa shape index (κ1) is 16.4. The van der Waals surface area contributed by atoms with Crippen LogP contribution in [0.3, 0.4) is 0 Å². The number of likely N-dealkylation sites (N-methyl/N-ethyl adjacent to an activating group) is 1. The Bertz CT molecular complexity index is 373. The van der Waals surface area contributed by atoms with Gasteiger partial charge in [0.05, 0.1) is 6.04 Å². The van der Waals surface area contributed by atoms with Gasteiger partial charge in [0.1, 0.15) is 0 Å². The standard InChI is InChI=1S/C15H25ClN2O/c1-4-14(17)15(18(2)10-7-11-19-3)12-8-5-6-9-13(12)16/h5-6,8-9,14-15H,4,7,10-11,17H2,1-3H3. The Morgan fingerprint density at radius 3 is 2.63 bits per heavy atom. The maximum Gasteiger partial charge on any atom is 0.0511 e. The molecule has 1 rings (SSSR count). The summed E-state index contributed by atoms with van der Waals surface area (Å²) < 4.78 is 5.10. The van der Waals surface area contributed by atoms with Gasteiger partial charge < -0.3 is 10.5 Å². The molecule has 2 unspecified atom stereocenters. The van der Waals surface area contributed by atoms with E-state index in [4.69, 9.17) is 22.1 Å². The first-order chi connectivity index (χ1) is 9.11. The molecule has 0 radical (unpaired) electrons. The lowest BCUT2D eigenvalue weighted by molar-refractivity contribution is 0.155. The molecule has 108 valence electrons. The summed E-state index contributed by atoms with van der Waals surface area (Å²) in [4.78, 5) is 2.27. The molecule has 0 fully saturated rings. The lowest BCUT2D eigenvalue weighted by Gasteiger charge is -2.33. The Morgan fingerprint density at radius 1 is 1.37 bits per heavy atom. The van der Waals surface area contributed by atoms with Gasteiger partial charge in [-0.15, -0.1) is 0 Å². The fraction of sp³-hybridized carbons (Fsp3) is 0.600. The molecule has 0 spiro atoms. The molecule has 0 aromatic heterocycles. The molecule has 2 N–H and O–H groups in total. The van der Waals surface area contributed by atoms with Crippen molar-refractivity contribution in [2.24, 2.45) is 5.73 Å². The molecule has 1 aromatic rings. The van der Waals surface area contributed by atoms with Crippen molar-refractivity contribution in [2.45, 2.75) is 31.8 Å². The predicted octanol–water partition coefficient (Wildman–Crippen LogP) is 3.09. The number of nitrogens with two attached hydrogens (primary N) is 1. The molecule has 1 aromatic carbocycles. The summed E-state index contributed by atoms with van der Waals surface area (Å²) in [5.74, 6) is 0. The van der Waals surface area contributed by atoms with Crippen LogP contribution < -0.4 is 5.73 Å². The summed E-state index contributed by atoms with van der Waals surface area (Å²) in [6.45, 7) is 3.82. The van der Waals surface area contributed by atoms with Gasteiger partial charge in [0.15, 0.2) is 0 Å². The third kappa shape index (κ3) is 4.77. The maximum absolute atomic E-state index is 6.32. The Morgan fingerprint density at radius 2 is 2.05 bits per heavy atom. The quantitative estimate of drug-likeness (QED) is 0.746. The average Bonchev–Trinajstić information content (AvgIpc) is 2.41. The van der Waals surface area contributed by atoms with E-state index in [1.165, 1.54) is 0 Å². The van der Waals surface area contributed by atoms with Crippen molar-refractivity contribution in [3.63, 3.8) is 0 Å². The highest BCUT2D eigenvalue weighted by Crippen LogP contribution is 2.29. The van der Waals surface area contributed by atoms with E-state index in [0.717, 1.165) is 36.6 Å². The van der Waals surface area contributed by atoms with Crippen molar-refractivity contribution in [3.8, 4) is 0 Å². The van der Waals surface area contributed by atoms with Crippen LogP contribution in [0.5, 0.6) is 0 Å². The molecule has 0 saturated carbocycles. The number of rotatable bonds is 8. The molecule has 0 bridgehead atoms. The SMILES string of the molecule is CCC(N)C(c1ccccc1Cl)N(C)CCCOC. The van der Waals surface area contributed by atoms with Crippen LogP contribution in [0.15, 0.2) is 24.3 Å². The van der Waals surface area contributed by atoms with Crippen molar-refractivity contribution in [1.82, 2.24) is 4.90 Å². The van der Waals surface area contributed by atoms with Crippen molar-refractivity contribution >= 4 is 11.6 Å². The van der Waals surface area contributed by atoms with Gasteiger partial charge in [-0.25, -0.2) is 0 Å². The van der Waals surface area contributed by atoms with E-state index in [2.05, 4.69) is 24.9 Å². The molecule has 19 heavy (non-hydrogen) atoms. The average molecular weight is 285 g/mol. The molecule has 0 heterocycles. The first-order valence-electron chi connectivity index (χ1n) is 6.81. The summed E-state index contributed by atoms with van der Waals surface area (Å²) >= 11 is 6.32. The lowest BCUT2D eigenvalue weighted by atomic mass is 9.96. The van der Waals surface area contributed by atoms with Gasteiger partial charge >= 0.3 is 0 Å². The molecule has 4 heteroatoms. The van der Waals surface area contributed by atoms with Crippen molar-refractivity contribution < 1.29 is 4.74 Å². The molecule has 0 aliphatic heterocycles. The second kappa shape index (κ2) is 8.54. The molecule has 0 saturated heterocycles. The summed E-state index contributed by atoms with van der Waals surface area (Å²) in [5.41, 5.74) is 7.40. The fourth-order valence-corrected chi connectivity index (χ4v) is 2.58. The molecule has 2 atom stereocenters. The van der Waals surface area contributed by atoms with Crippen LogP contribution in [0.25, 0.3) is 0 Å². The molecule has 0 aliphatic rings. The lowest BCUT2D eigenvalue weighted by Crippen LogP contribution is -2.39. The summed E-state index contributed by atoms with van der Waals surface area (Å²) in [7, 11) is 3.82. The van der Waals surface area contributed by atoms with Crippen molar-refractivity contribution in [3.05, 3.63) is 34.9 Å². The van der Waals surface area contributed by atoms with Gasteiger partial charge in [-0.2, -0.15) is 0 Å². The second-order valence-electron chi connectivity index (χ2n) is 4.87. The van der Waals surface area contributed by atoms with Crippen molar-refractivity contribution in [1.29, 1.82) is 0 Å². The largest absolute Gasteiger partial charge is 0.385 e. The van der Waals surface area contributed by atoms with E-state index >= 15 is 0 Å². The predicted molar refractivity (Wildman–Crippen MR) is 81.6 cm³/mol. The van der Waals surface area contributed by atoms with Gasteiger partial charge in [0, 0.05) is 31.3 Å². The number of hydrogen-bond acceptors (Lipinski definition) is 3. The number of benzene rings is 1. The highest BCUT2D eigenvalue weighted by atomic mass is 35.5. The zero-order valence-electron chi connectivity index (χ0n) is 12.1. The summed E-state index contributed by atoms with van der Waals surface area (Å²) in [5, 5.41) is 0.787. The Hall–Kier alpha value is -0.610. The monoisotopic (exact) mass is 284 g/mol. The van der Waals surface area contributed by atoms with E-state index in [1.807, 2.05) is 18.2 Å². The molecular weight excluding hydrogens is 260 g/mol. The van der Waals surface area contributed by atoms with E-state index in [0.29, 0.717) is 0 Å². The van der Waals surface area contributed by atoms with Gasteiger partial charge in [-0.3, -0.25) is 4.90 Å². The molecule has 0 amide bonds. The van der Waals surface area contributed by atoms with E-state index < -0.39 is 0 Å². The zero-order chi connectivity index (χ0) is 14.3. The first-order valence-corrected chi connectivity index (χ1v) is 7.18. The van der Waals surface area contributed by atoms with Gasteiger partial charge in [-0.1, -0.05) is 36.7 Å². The van der Waals surface area contributed by atoms with Crippen LogP contribution in [0.1, 0.15) is 31.4 Å². The van der Waals surface area contributed by atoms with E-state index in [-0.39, 0.29) is 12.1 Å². The van der Waals surface area contributed by atoms with Gasteiger partial charge in [0.2, 0.25) is 0 Å². The topological polar surface area (TPSA) is 38.5 Å². The van der Waals surface area contributed by atoms with Gasteiger partial charge in [0.25, 0.3) is 0 Å². The second-order valence-corrected chi connectivity index (χ2v) is 5.27. The zero-order valence-corrected chi connectivity index (χ0v) is 12.9. The van der Waals surface area contributed by atoms with Crippen LogP contribution in [0.4, 0.5) is 0 Å². The van der Waals surface area contributed by atoms with Crippen LogP contribution in [0, 0.1) is 0 Å². The third-order valence-corrected chi connectivity index (χ3v) is 3.78. The summed E-state index contributed by atoms with van der Waals surface area (Å²) in [6.07, 6.45) is 1.91. The highest BCUT2D eigenvalue weighted by Gasteiger charge is 2.24. The minimum atomic E-state index is 0.0763.